The van der Waals surface area contributed by atoms with E-state index >= 15 is 0 Å². The zero-order chi connectivity index (χ0) is 34.6. The summed E-state index contributed by atoms with van der Waals surface area (Å²) in [5, 5.41) is 0. The first-order valence-corrected chi connectivity index (χ1v) is 37.9. The molecule has 0 aromatic carbocycles. The van der Waals surface area contributed by atoms with E-state index in [-0.39, 0.29) is 0 Å². The van der Waals surface area contributed by atoms with Gasteiger partial charge < -0.3 is 0 Å². The monoisotopic (exact) mass is 888 g/mol. The average molecular weight is 887 g/mol. The Bertz CT molecular complexity index is 732. The molecule has 1 aromatic rings. The van der Waals surface area contributed by atoms with Gasteiger partial charge in [0.2, 0.25) is 0 Å². The van der Waals surface area contributed by atoms with Crippen LogP contribution < -0.4 is 5.79 Å². The van der Waals surface area contributed by atoms with Gasteiger partial charge in [0.15, 0.2) is 0 Å². The molecule has 3 heteroatoms. The van der Waals surface area contributed by atoms with E-state index in [4.69, 9.17) is 0 Å². The number of hydrogen-bond donors (Lipinski definition) is 0. The van der Waals surface area contributed by atoms with E-state index in [1.165, 1.54) is 167 Å². The van der Waals surface area contributed by atoms with Crippen molar-refractivity contribution in [2.45, 2.75) is 249 Å². The molecule has 0 bridgehead atoms. The Morgan fingerprint density at radius 1 is 0.298 bits per heavy atom. The van der Waals surface area contributed by atoms with Crippen LogP contribution in [0.3, 0.4) is 0 Å². The second-order valence-corrected chi connectivity index (χ2v) is 45.1. The number of thiophene rings is 1. The fraction of sp³-hybridized carbons (Fsp3) is 0.909. The first kappa shape index (κ1) is 46.3. The molecule has 0 radical (unpaired) electrons. The Kier molecular flexibility index (Phi) is 29.4. The predicted octanol–water partition coefficient (Wildman–Crippen LogP) is 15.7. The Morgan fingerprint density at radius 2 is 0.532 bits per heavy atom. The maximum absolute atomic E-state index is 2.63. The molecule has 1 heterocycles. The maximum atomic E-state index is 2.63. The first-order chi connectivity index (χ1) is 23.0. The minimum absolute atomic E-state index is 1.37. The summed E-state index contributed by atoms with van der Waals surface area (Å²) in [4.78, 5) is 0. The molecule has 0 aliphatic carbocycles. The summed E-state index contributed by atoms with van der Waals surface area (Å²) in [6.45, 7) is 19.7. The molecule has 278 valence electrons. The van der Waals surface area contributed by atoms with Crippen LogP contribution >= 0.6 is 11.3 Å². The van der Waals surface area contributed by atoms with Gasteiger partial charge in [-0.2, -0.15) is 0 Å². The molecule has 1 aromatic heterocycles. The van der Waals surface area contributed by atoms with E-state index in [9.17, 15) is 0 Å². The van der Waals surface area contributed by atoms with E-state index in [2.05, 4.69) is 83.6 Å². The van der Waals surface area contributed by atoms with Gasteiger partial charge >= 0.3 is 314 Å². The van der Waals surface area contributed by atoms with Crippen LogP contribution in [-0.4, -0.2) is 36.8 Å². The second kappa shape index (κ2) is 29.8. The Hall–Kier alpha value is 1.30. The van der Waals surface area contributed by atoms with Crippen molar-refractivity contribution in [1.82, 2.24) is 0 Å². The van der Waals surface area contributed by atoms with Crippen molar-refractivity contribution in [1.29, 1.82) is 0 Å². The van der Waals surface area contributed by atoms with Crippen molar-refractivity contribution < 1.29 is 0 Å². The van der Waals surface area contributed by atoms with Gasteiger partial charge in [-0.25, -0.2) is 0 Å². The number of unbranched alkanes of at least 4 members (excludes halogenated alkanes) is 16. The van der Waals surface area contributed by atoms with Crippen LogP contribution in [-0.2, 0) is 12.8 Å². The van der Waals surface area contributed by atoms with Gasteiger partial charge in [0.25, 0.3) is 0 Å². The van der Waals surface area contributed by atoms with Gasteiger partial charge in [0.1, 0.15) is 0 Å². The quantitative estimate of drug-likeness (QED) is 0.0478. The van der Waals surface area contributed by atoms with Gasteiger partial charge in [-0.3, -0.25) is 0 Å². The van der Waals surface area contributed by atoms with Crippen molar-refractivity contribution in [2.24, 2.45) is 0 Å². The van der Waals surface area contributed by atoms with Crippen LogP contribution in [0.1, 0.15) is 221 Å². The molecule has 0 nitrogen and oxygen atoms in total. The van der Waals surface area contributed by atoms with Crippen LogP contribution in [0.25, 0.3) is 0 Å². The summed E-state index contributed by atoms with van der Waals surface area (Å²) in [7, 11) is 0. The van der Waals surface area contributed by atoms with Crippen molar-refractivity contribution in [3.63, 3.8) is 0 Å². The SMILES string of the molecule is CCCCCCCCc1[c]([Sn]([CH2]CCC)([CH2]CCC)[CH2]CCC)s[c]([Sn]([CH2]CCC)([CH2]CCC)[CH2]CCC)c1CCCCCCCC. The minimum atomic E-state index is -2.58. The summed E-state index contributed by atoms with van der Waals surface area (Å²) < 4.78 is 14.4. The summed E-state index contributed by atoms with van der Waals surface area (Å²) in [6.07, 6.45) is 37.7. The number of hydrogen-bond acceptors (Lipinski definition) is 1. The van der Waals surface area contributed by atoms with Crippen LogP contribution in [0.5, 0.6) is 0 Å². The number of rotatable bonds is 34. The molecule has 0 atom stereocenters. The average Bonchev–Trinajstić information content (AvgIpc) is 3.46. The van der Waals surface area contributed by atoms with Crippen LogP contribution in [0.15, 0.2) is 0 Å². The summed E-state index contributed by atoms with van der Waals surface area (Å²) >= 11 is -2.52. The molecule has 0 fully saturated rings. The zero-order valence-electron chi connectivity index (χ0n) is 34.0. The third kappa shape index (κ3) is 17.1. The second-order valence-electron chi connectivity index (χ2n) is 15.9. The molecular formula is C44H88SSn2. The molecule has 0 amide bonds. The molecule has 0 unspecified atom stereocenters. The summed E-state index contributed by atoms with van der Waals surface area (Å²) in [5.41, 5.74) is 4.14. The van der Waals surface area contributed by atoms with Gasteiger partial charge in [-0.05, 0) is 0 Å². The van der Waals surface area contributed by atoms with Crippen LogP contribution in [0.4, 0.5) is 0 Å². The van der Waals surface area contributed by atoms with Crippen molar-refractivity contribution in [2.75, 3.05) is 0 Å². The molecular weight excluding hydrogens is 798 g/mol. The summed E-state index contributed by atoms with van der Waals surface area (Å²) in [6, 6.07) is 0. The predicted molar refractivity (Wildman–Crippen MR) is 228 cm³/mol. The van der Waals surface area contributed by atoms with Crippen molar-refractivity contribution in [3.8, 4) is 0 Å². The van der Waals surface area contributed by atoms with Crippen LogP contribution in [0.2, 0.25) is 26.6 Å². The molecule has 0 spiro atoms. The van der Waals surface area contributed by atoms with Gasteiger partial charge in [-0.15, -0.1) is 0 Å². The molecule has 0 N–H and O–H groups in total. The van der Waals surface area contributed by atoms with E-state index in [0.29, 0.717) is 0 Å². The van der Waals surface area contributed by atoms with Crippen molar-refractivity contribution in [3.05, 3.63) is 11.1 Å². The van der Waals surface area contributed by atoms with Crippen molar-refractivity contribution >= 4 is 53.9 Å². The zero-order valence-corrected chi connectivity index (χ0v) is 40.6. The third-order valence-electron chi connectivity index (χ3n) is 11.7. The Balaban J connectivity index is 3.99. The molecule has 0 saturated carbocycles. The standard InChI is InChI=1S/C20H34S.6C4H9.2Sn/c1-3-5-7-9-11-13-15-19-17-21-18-20(19)16-14-12-10-8-6-4-2;6*1-3-4-2;;/h3-16H2,1-2H3;6*1,3-4H2,2H3;;. The van der Waals surface area contributed by atoms with E-state index in [0.717, 1.165) is 0 Å². The third-order valence-corrected chi connectivity index (χ3v) is 49.8. The Morgan fingerprint density at radius 3 is 0.787 bits per heavy atom. The van der Waals surface area contributed by atoms with Gasteiger partial charge in [0, 0.05) is 0 Å². The molecule has 47 heavy (non-hydrogen) atoms. The fourth-order valence-corrected chi connectivity index (χ4v) is 53.0. The molecule has 1 rings (SSSR count). The van der Waals surface area contributed by atoms with Crippen LogP contribution in [0, 0.1) is 0 Å². The van der Waals surface area contributed by atoms with E-state index < -0.39 is 36.8 Å². The molecule has 0 aliphatic heterocycles. The van der Waals surface area contributed by atoms with E-state index in [1.807, 2.05) is 0 Å². The molecule has 0 aliphatic rings. The van der Waals surface area contributed by atoms with Gasteiger partial charge in [-0.1, -0.05) is 0 Å². The topological polar surface area (TPSA) is 0 Å². The molecule has 0 saturated heterocycles. The van der Waals surface area contributed by atoms with Gasteiger partial charge in [0.05, 0.1) is 0 Å². The Labute approximate surface area is 311 Å². The first-order valence-electron chi connectivity index (χ1n) is 22.1. The fourth-order valence-electron chi connectivity index (χ4n) is 8.57. The summed E-state index contributed by atoms with van der Waals surface area (Å²) in [5.74, 6) is 0. The van der Waals surface area contributed by atoms with E-state index in [1.54, 1.807) is 26.6 Å². The normalized spacial score (nSPS) is 12.4.